The maximum atomic E-state index is 13.3. The smallest absolute Gasteiger partial charge is 0.226 e. The van der Waals surface area contributed by atoms with E-state index in [9.17, 15) is 4.79 Å². The Bertz CT molecular complexity index is 471. The number of carbonyl (C=O) groups excluding carboxylic acids is 1. The standard InChI is InChI=1S/C19H28N2OS/c20-4-1-5-21(18(22)17-2-6-23-7-3-17)19-11-14-8-15(12-19)10-16(9-14)13-19/h14-17H,1-3,5-13H2. The molecule has 1 heterocycles. The number of hydrogen-bond donors (Lipinski definition) is 0. The first kappa shape index (κ1) is 15.8. The predicted octanol–water partition coefficient (Wildman–Crippen LogP) is 3.84. The lowest BCUT2D eigenvalue weighted by molar-refractivity contribution is -0.155. The van der Waals surface area contributed by atoms with Crippen LogP contribution in [0.1, 0.15) is 57.8 Å². The van der Waals surface area contributed by atoms with E-state index in [1.807, 2.05) is 11.8 Å². The highest BCUT2D eigenvalue weighted by Gasteiger charge is 2.55. The maximum absolute atomic E-state index is 13.3. The molecule has 4 saturated carbocycles. The van der Waals surface area contributed by atoms with Crippen LogP contribution in [0.2, 0.25) is 0 Å². The monoisotopic (exact) mass is 332 g/mol. The molecule has 0 unspecified atom stereocenters. The highest BCUT2D eigenvalue weighted by molar-refractivity contribution is 7.99. The molecule has 0 aromatic heterocycles. The number of amides is 1. The highest BCUT2D eigenvalue weighted by Crippen LogP contribution is 2.58. The average Bonchev–Trinajstić information content (AvgIpc) is 2.54. The van der Waals surface area contributed by atoms with Gasteiger partial charge in [0.15, 0.2) is 0 Å². The maximum Gasteiger partial charge on any atom is 0.226 e. The summed E-state index contributed by atoms with van der Waals surface area (Å²) in [5.74, 6) is 5.42. The van der Waals surface area contributed by atoms with E-state index in [2.05, 4.69) is 11.0 Å². The summed E-state index contributed by atoms with van der Waals surface area (Å²) in [6.45, 7) is 0.672. The van der Waals surface area contributed by atoms with E-state index in [-0.39, 0.29) is 11.5 Å². The van der Waals surface area contributed by atoms with Crippen molar-refractivity contribution in [2.45, 2.75) is 63.3 Å². The largest absolute Gasteiger partial charge is 0.336 e. The summed E-state index contributed by atoms with van der Waals surface area (Å²) in [6.07, 6.45) is 10.4. The fourth-order valence-corrected chi connectivity index (χ4v) is 7.41. The molecule has 3 nitrogen and oxygen atoms in total. The topological polar surface area (TPSA) is 44.1 Å². The molecule has 5 aliphatic rings. The Hall–Kier alpha value is -0.690. The SMILES string of the molecule is N#CCCN(C(=O)C1CCSCC1)C12CC3CC(CC(C3)C1)C2. The van der Waals surface area contributed by atoms with Crippen molar-refractivity contribution >= 4 is 17.7 Å². The minimum absolute atomic E-state index is 0.118. The Kier molecular flexibility index (Phi) is 4.34. The lowest BCUT2D eigenvalue weighted by Crippen LogP contribution is -2.62. The molecule has 5 fully saturated rings. The van der Waals surface area contributed by atoms with Crippen molar-refractivity contribution in [1.82, 2.24) is 4.90 Å². The molecular formula is C19H28N2OS. The lowest BCUT2D eigenvalue weighted by atomic mass is 9.52. The summed E-state index contributed by atoms with van der Waals surface area (Å²) in [7, 11) is 0. The first-order chi connectivity index (χ1) is 11.2. The zero-order chi connectivity index (χ0) is 15.9. The molecule has 23 heavy (non-hydrogen) atoms. The van der Waals surface area contributed by atoms with Gasteiger partial charge < -0.3 is 4.90 Å². The van der Waals surface area contributed by atoms with Crippen LogP contribution in [0.15, 0.2) is 0 Å². The molecule has 1 amide bonds. The number of nitrogens with zero attached hydrogens (tertiary/aromatic N) is 2. The third-order valence-corrected chi connectivity index (χ3v) is 7.91. The van der Waals surface area contributed by atoms with Crippen molar-refractivity contribution in [1.29, 1.82) is 5.26 Å². The third kappa shape index (κ3) is 2.90. The van der Waals surface area contributed by atoms with Crippen molar-refractivity contribution in [2.75, 3.05) is 18.1 Å². The minimum atomic E-state index is 0.118. The number of thioether (sulfide) groups is 1. The highest BCUT2D eigenvalue weighted by atomic mass is 32.2. The molecule has 1 aliphatic heterocycles. The predicted molar refractivity (Wildman–Crippen MR) is 92.9 cm³/mol. The number of rotatable bonds is 4. The van der Waals surface area contributed by atoms with Gasteiger partial charge in [0.25, 0.3) is 0 Å². The van der Waals surface area contributed by atoms with Crippen LogP contribution in [0.25, 0.3) is 0 Å². The second-order valence-corrected chi connectivity index (χ2v) is 9.65. The van der Waals surface area contributed by atoms with Gasteiger partial charge in [0, 0.05) is 18.0 Å². The van der Waals surface area contributed by atoms with E-state index in [1.165, 1.54) is 38.5 Å². The summed E-state index contributed by atoms with van der Waals surface area (Å²) in [5, 5.41) is 9.10. The molecule has 0 atom stereocenters. The van der Waals surface area contributed by atoms with Gasteiger partial charge in [-0.15, -0.1) is 0 Å². The van der Waals surface area contributed by atoms with E-state index < -0.39 is 0 Å². The third-order valence-electron chi connectivity index (χ3n) is 6.86. The fraction of sp³-hybridized carbons (Fsp3) is 0.895. The molecule has 4 bridgehead atoms. The van der Waals surface area contributed by atoms with Gasteiger partial charge in [-0.25, -0.2) is 0 Å². The van der Waals surface area contributed by atoms with Crippen LogP contribution in [0, 0.1) is 35.0 Å². The molecule has 0 N–H and O–H groups in total. The van der Waals surface area contributed by atoms with Gasteiger partial charge >= 0.3 is 0 Å². The number of carbonyl (C=O) groups is 1. The number of nitriles is 1. The zero-order valence-electron chi connectivity index (χ0n) is 14.0. The van der Waals surface area contributed by atoms with E-state index in [0.717, 1.165) is 42.1 Å². The Balaban J connectivity index is 1.57. The fourth-order valence-electron chi connectivity index (χ4n) is 6.30. The van der Waals surface area contributed by atoms with Gasteiger partial charge in [-0.1, -0.05) is 0 Å². The summed E-state index contributed by atoms with van der Waals surface area (Å²) in [6, 6.07) is 2.29. The number of hydrogen-bond acceptors (Lipinski definition) is 3. The van der Waals surface area contributed by atoms with Crippen LogP contribution in [0.4, 0.5) is 0 Å². The van der Waals surface area contributed by atoms with E-state index >= 15 is 0 Å². The normalized spacial score (nSPS) is 39.2. The van der Waals surface area contributed by atoms with Gasteiger partial charge in [-0.2, -0.15) is 17.0 Å². The summed E-state index contributed by atoms with van der Waals surface area (Å²) < 4.78 is 0. The molecule has 126 valence electrons. The Morgan fingerprint density at radius 1 is 1.09 bits per heavy atom. The summed E-state index contributed by atoms with van der Waals surface area (Å²) in [5.41, 5.74) is 0.118. The van der Waals surface area contributed by atoms with Crippen molar-refractivity contribution < 1.29 is 4.79 Å². The van der Waals surface area contributed by atoms with Crippen molar-refractivity contribution in [3.63, 3.8) is 0 Å². The summed E-state index contributed by atoms with van der Waals surface area (Å²) >= 11 is 1.98. The van der Waals surface area contributed by atoms with Crippen molar-refractivity contribution in [2.24, 2.45) is 23.7 Å². The molecule has 0 radical (unpaired) electrons. The van der Waals surface area contributed by atoms with Gasteiger partial charge in [0.05, 0.1) is 12.5 Å². The second kappa shape index (κ2) is 6.31. The van der Waals surface area contributed by atoms with E-state index in [1.54, 1.807) is 0 Å². The Morgan fingerprint density at radius 3 is 2.17 bits per heavy atom. The quantitative estimate of drug-likeness (QED) is 0.785. The van der Waals surface area contributed by atoms with Crippen molar-refractivity contribution in [3.8, 4) is 6.07 Å². The minimum Gasteiger partial charge on any atom is -0.336 e. The van der Waals surface area contributed by atoms with E-state index in [0.29, 0.717) is 18.9 Å². The molecule has 0 spiro atoms. The second-order valence-electron chi connectivity index (χ2n) is 8.43. The van der Waals surface area contributed by atoms with Gasteiger partial charge in [0.2, 0.25) is 5.91 Å². The van der Waals surface area contributed by atoms with Crippen LogP contribution in [0.5, 0.6) is 0 Å². The van der Waals surface area contributed by atoms with Crippen LogP contribution in [-0.2, 0) is 4.79 Å². The van der Waals surface area contributed by atoms with Gasteiger partial charge in [0.1, 0.15) is 0 Å². The molecule has 0 aromatic carbocycles. The van der Waals surface area contributed by atoms with Gasteiger partial charge in [-0.05, 0) is 80.6 Å². The molecule has 4 heteroatoms. The molecular weight excluding hydrogens is 304 g/mol. The van der Waals surface area contributed by atoms with Crippen LogP contribution in [0.3, 0.4) is 0 Å². The van der Waals surface area contributed by atoms with Crippen LogP contribution < -0.4 is 0 Å². The molecule has 1 saturated heterocycles. The van der Waals surface area contributed by atoms with Crippen LogP contribution in [-0.4, -0.2) is 34.4 Å². The Labute approximate surface area is 144 Å². The van der Waals surface area contributed by atoms with Crippen LogP contribution >= 0.6 is 11.8 Å². The first-order valence-electron chi connectivity index (χ1n) is 9.46. The Morgan fingerprint density at radius 2 is 1.65 bits per heavy atom. The summed E-state index contributed by atoms with van der Waals surface area (Å²) in [4.78, 5) is 15.6. The molecule has 5 rings (SSSR count). The van der Waals surface area contributed by atoms with Gasteiger partial charge in [-0.3, -0.25) is 4.79 Å². The van der Waals surface area contributed by atoms with Crippen molar-refractivity contribution in [3.05, 3.63) is 0 Å². The molecule has 0 aromatic rings. The van der Waals surface area contributed by atoms with E-state index in [4.69, 9.17) is 5.26 Å². The zero-order valence-corrected chi connectivity index (χ0v) is 14.8. The first-order valence-corrected chi connectivity index (χ1v) is 10.6. The molecule has 4 aliphatic carbocycles. The average molecular weight is 333 g/mol. The lowest BCUT2D eigenvalue weighted by Gasteiger charge is -2.61.